The van der Waals surface area contributed by atoms with Crippen molar-refractivity contribution in [2.24, 2.45) is 5.84 Å². The summed E-state index contributed by atoms with van der Waals surface area (Å²) in [6, 6.07) is 0. The maximum atomic E-state index is 5.43. The molecule has 16 heavy (non-hydrogen) atoms. The zero-order chi connectivity index (χ0) is 11.5. The Morgan fingerprint density at radius 2 is 2.25 bits per heavy atom. The molecular weight excluding hydrogens is 206 g/mol. The number of aryl methyl sites for hydroxylation is 1. The third-order valence-corrected chi connectivity index (χ3v) is 2.35. The first kappa shape index (κ1) is 10.5. The number of aromatic nitrogens is 5. The van der Waals surface area contributed by atoms with Crippen molar-refractivity contribution in [1.29, 1.82) is 0 Å². The van der Waals surface area contributed by atoms with Gasteiger partial charge in [0.1, 0.15) is 11.5 Å². The highest BCUT2D eigenvalue weighted by Gasteiger charge is 2.12. The molecule has 0 fully saturated rings. The maximum absolute atomic E-state index is 5.43. The summed E-state index contributed by atoms with van der Waals surface area (Å²) < 4.78 is 0. The van der Waals surface area contributed by atoms with Crippen molar-refractivity contribution in [3.63, 3.8) is 0 Å². The lowest BCUT2D eigenvalue weighted by molar-refractivity contribution is 0.933. The first-order valence-corrected chi connectivity index (χ1v) is 4.96. The van der Waals surface area contributed by atoms with Crippen LogP contribution in [0.4, 0.5) is 5.82 Å². The Morgan fingerprint density at radius 1 is 1.44 bits per heavy atom. The molecule has 2 rings (SSSR count). The van der Waals surface area contributed by atoms with Gasteiger partial charge >= 0.3 is 0 Å². The summed E-state index contributed by atoms with van der Waals surface area (Å²) in [4.78, 5) is 8.66. The smallest absolute Gasteiger partial charge is 0.184 e. The topological polar surface area (TPSA) is 105 Å². The molecule has 0 radical (unpaired) electrons. The molecule has 2 aromatic rings. The second-order valence-electron chi connectivity index (χ2n) is 3.31. The van der Waals surface area contributed by atoms with Crippen molar-refractivity contribution in [1.82, 2.24) is 25.4 Å². The summed E-state index contributed by atoms with van der Waals surface area (Å²) in [7, 11) is 0. The lowest BCUT2D eigenvalue weighted by Crippen LogP contribution is -2.13. The van der Waals surface area contributed by atoms with E-state index in [0.29, 0.717) is 17.3 Å². The molecule has 0 aliphatic heterocycles. The van der Waals surface area contributed by atoms with Crippen LogP contribution < -0.4 is 11.3 Å². The summed E-state index contributed by atoms with van der Waals surface area (Å²) >= 11 is 0. The summed E-state index contributed by atoms with van der Waals surface area (Å²) in [5, 5.41) is 10.2. The number of nitrogen functional groups attached to an aromatic ring is 1. The highest BCUT2D eigenvalue weighted by Crippen LogP contribution is 2.20. The van der Waals surface area contributed by atoms with Crippen LogP contribution in [0.3, 0.4) is 0 Å². The van der Waals surface area contributed by atoms with Gasteiger partial charge in [-0.2, -0.15) is 15.4 Å². The molecule has 0 saturated carbocycles. The average molecular weight is 219 g/mol. The lowest BCUT2D eigenvalue weighted by atomic mass is 10.1. The molecule has 0 aliphatic carbocycles. The van der Waals surface area contributed by atoms with Crippen LogP contribution in [-0.4, -0.2) is 25.4 Å². The van der Waals surface area contributed by atoms with Crippen molar-refractivity contribution >= 4 is 5.82 Å². The second kappa shape index (κ2) is 4.23. The molecule has 0 aromatic carbocycles. The molecule has 0 saturated heterocycles. The molecule has 2 aromatic heterocycles. The predicted molar refractivity (Wildman–Crippen MR) is 59.3 cm³/mol. The van der Waals surface area contributed by atoms with E-state index < -0.39 is 0 Å². The molecule has 0 spiro atoms. The SMILES string of the molecule is CCc1c(C)nc(-c2cn[nH]n2)nc1NN. The molecule has 7 heteroatoms. The number of H-pyrrole nitrogens is 1. The van der Waals surface area contributed by atoms with Crippen LogP contribution in [0.2, 0.25) is 0 Å². The Balaban J connectivity index is 2.54. The van der Waals surface area contributed by atoms with E-state index in [9.17, 15) is 0 Å². The average Bonchev–Trinajstić information content (AvgIpc) is 2.81. The first-order chi connectivity index (χ1) is 7.76. The largest absolute Gasteiger partial charge is 0.308 e. The number of hydrogen-bond donors (Lipinski definition) is 3. The molecule has 84 valence electrons. The number of hydrazine groups is 1. The molecule has 2 heterocycles. The number of anilines is 1. The van der Waals surface area contributed by atoms with Crippen LogP contribution in [0, 0.1) is 6.92 Å². The van der Waals surface area contributed by atoms with Gasteiger partial charge in [-0.3, -0.25) is 0 Å². The molecule has 0 atom stereocenters. The van der Waals surface area contributed by atoms with Gasteiger partial charge in [0.2, 0.25) is 0 Å². The van der Waals surface area contributed by atoms with E-state index in [1.165, 1.54) is 0 Å². The van der Waals surface area contributed by atoms with Crippen molar-refractivity contribution in [3.05, 3.63) is 17.5 Å². The fraction of sp³-hybridized carbons (Fsp3) is 0.333. The van der Waals surface area contributed by atoms with Gasteiger partial charge in [0.25, 0.3) is 0 Å². The van der Waals surface area contributed by atoms with Gasteiger partial charge in [-0.05, 0) is 13.3 Å². The minimum Gasteiger partial charge on any atom is -0.308 e. The number of rotatable bonds is 3. The number of nitrogens with zero attached hydrogens (tertiary/aromatic N) is 4. The lowest BCUT2D eigenvalue weighted by Gasteiger charge is -2.09. The zero-order valence-electron chi connectivity index (χ0n) is 9.15. The molecule has 0 amide bonds. The summed E-state index contributed by atoms with van der Waals surface area (Å²) in [5.74, 6) is 6.58. The molecule has 0 unspecified atom stereocenters. The number of nitrogens with one attached hydrogen (secondary N) is 2. The Hall–Kier alpha value is -2.02. The van der Waals surface area contributed by atoms with E-state index >= 15 is 0 Å². The summed E-state index contributed by atoms with van der Waals surface area (Å²) in [6.45, 7) is 3.95. The third-order valence-electron chi connectivity index (χ3n) is 2.35. The van der Waals surface area contributed by atoms with Gasteiger partial charge in [0.05, 0.1) is 6.20 Å². The quantitative estimate of drug-likeness (QED) is 0.510. The molecule has 4 N–H and O–H groups in total. The standard InChI is InChI=1S/C9H13N7/c1-3-6-5(2)12-9(13-8(6)14-10)7-4-11-16-15-7/h4H,3,10H2,1-2H3,(H,11,15,16)(H,12,13,14). The normalized spacial score (nSPS) is 10.4. The Bertz CT molecular complexity index is 477. The van der Waals surface area contributed by atoms with Crippen LogP contribution in [0.5, 0.6) is 0 Å². The number of aromatic amines is 1. The van der Waals surface area contributed by atoms with Crippen molar-refractivity contribution in [2.75, 3.05) is 5.43 Å². The predicted octanol–water partition coefficient (Wildman–Crippen LogP) is 0.418. The molecule has 0 aliphatic rings. The third kappa shape index (κ3) is 1.72. The second-order valence-corrected chi connectivity index (χ2v) is 3.31. The van der Waals surface area contributed by atoms with Crippen LogP contribution in [0.1, 0.15) is 18.2 Å². The number of nitrogens with two attached hydrogens (primary N) is 1. The van der Waals surface area contributed by atoms with Gasteiger partial charge in [0, 0.05) is 11.3 Å². The monoisotopic (exact) mass is 219 g/mol. The number of hydrogen-bond acceptors (Lipinski definition) is 6. The summed E-state index contributed by atoms with van der Waals surface area (Å²) in [6.07, 6.45) is 2.39. The molecule has 0 bridgehead atoms. The van der Waals surface area contributed by atoms with Crippen LogP contribution in [0.25, 0.3) is 11.5 Å². The van der Waals surface area contributed by atoms with E-state index in [2.05, 4.69) is 30.8 Å². The minimum atomic E-state index is 0.511. The Kier molecular flexibility index (Phi) is 2.78. The Labute approximate surface area is 92.5 Å². The fourth-order valence-electron chi connectivity index (χ4n) is 1.56. The maximum Gasteiger partial charge on any atom is 0.184 e. The minimum absolute atomic E-state index is 0.511. The molecular formula is C9H13N7. The van der Waals surface area contributed by atoms with Crippen LogP contribution in [-0.2, 0) is 6.42 Å². The van der Waals surface area contributed by atoms with Gasteiger partial charge < -0.3 is 5.43 Å². The fourth-order valence-corrected chi connectivity index (χ4v) is 1.56. The summed E-state index contributed by atoms with van der Waals surface area (Å²) in [5.41, 5.74) is 5.08. The molecule has 7 nitrogen and oxygen atoms in total. The van der Waals surface area contributed by atoms with Gasteiger partial charge in [-0.25, -0.2) is 15.8 Å². The highest BCUT2D eigenvalue weighted by molar-refractivity contribution is 5.55. The van der Waals surface area contributed by atoms with Crippen molar-refractivity contribution in [3.8, 4) is 11.5 Å². The van der Waals surface area contributed by atoms with E-state index in [1.807, 2.05) is 13.8 Å². The van der Waals surface area contributed by atoms with Gasteiger partial charge in [-0.1, -0.05) is 6.92 Å². The van der Waals surface area contributed by atoms with E-state index in [1.54, 1.807) is 6.20 Å². The van der Waals surface area contributed by atoms with E-state index in [-0.39, 0.29) is 0 Å². The highest BCUT2D eigenvalue weighted by atomic mass is 15.3. The van der Waals surface area contributed by atoms with Crippen LogP contribution in [0.15, 0.2) is 6.20 Å². The van der Waals surface area contributed by atoms with Crippen molar-refractivity contribution in [2.45, 2.75) is 20.3 Å². The van der Waals surface area contributed by atoms with Crippen LogP contribution >= 0.6 is 0 Å². The van der Waals surface area contributed by atoms with E-state index in [0.717, 1.165) is 17.7 Å². The first-order valence-electron chi connectivity index (χ1n) is 4.96. The van der Waals surface area contributed by atoms with E-state index in [4.69, 9.17) is 5.84 Å². The Morgan fingerprint density at radius 3 is 2.81 bits per heavy atom. The van der Waals surface area contributed by atoms with Gasteiger partial charge in [-0.15, -0.1) is 0 Å². The zero-order valence-corrected chi connectivity index (χ0v) is 9.15. The van der Waals surface area contributed by atoms with Gasteiger partial charge in [0.15, 0.2) is 5.82 Å². The van der Waals surface area contributed by atoms with Crippen molar-refractivity contribution < 1.29 is 0 Å².